The second-order valence-corrected chi connectivity index (χ2v) is 11.0. The zero-order valence-electron chi connectivity index (χ0n) is 19.7. The van der Waals surface area contributed by atoms with Gasteiger partial charge in [0, 0.05) is 30.6 Å². The number of hydrogen-bond donors (Lipinski definition) is 2. The van der Waals surface area contributed by atoms with Crippen molar-refractivity contribution in [1.82, 2.24) is 10.0 Å². The summed E-state index contributed by atoms with van der Waals surface area (Å²) in [7, 11) is -0.447. The first kappa shape index (κ1) is 25.5. The number of sulfonamides is 1. The van der Waals surface area contributed by atoms with Gasteiger partial charge in [-0.3, -0.25) is 4.79 Å². The molecule has 2 amide bonds. The quantitative estimate of drug-likeness (QED) is 0.649. The minimum atomic E-state index is -4.19. The van der Waals surface area contributed by atoms with Crippen LogP contribution in [0.5, 0.6) is 0 Å². The standard InChI is InChI=1S/C23H33N3O5S/c1-15(2)14-18(24-22(28)31-23(3,4)5)21(27)25-32(29,30)20-13-9-10-16-17(20)11-8-12-19(16)26(6)7/h8-13,15,18H,14H2,1-7H3,(H,24,28)(H,25,27)/t18-/m0/s1. The average molecular weight is 464 g/mol. The molecule has 0 unspecified atom stereocenters. The van der Waals surface area contributed by atoms with Crippen LogP contribution >= 0.6 is 0 Å². The van der Waals surface area contributed by atoms with Crippen molar-refractivity contribution < 1.29 is 22.7 Å². The van der Waals surface area contributed by atoms with Crippen LogP contribution in [0, 0.1) is 5.92 Å². The van der Waals surface area contributed by atoms with Gasteiger partial charge in [0.15, 0.2) is 0 Å². The predicted octanol–water partition coefficient (Wildman–Crippen LogP) is 3.65. The molecule has 0 spiro atoms. The third-order valence-corrected chi connectivity index (χ3v) is 5.98. The highest BCUT2D eigenvalue weighted by Crippen LogP contribution is 2.30. The van der Waals surface area contributed by atoms with Crippen LogP contribution in [0.1, 0.15) is 41.0 Å². The highest BCUT2D eigenvalue weighted by atomic mass is 32.2. The zero-order chi connectivity index (χ0) is 24.3. The molecule has 2 aromatic carbocycles. The van der Waals surface area contributed by atoms with Crippen LogP contribution in [0.3, 0.4) is 0 Å². The van der Waals surface area contributed by atoms with E-state index in [1.165, 1.54) is 6.07 Å². The Balaban J connectivity index is 2.35. The third-order valence-electron chi connectivity index (χ3n) is 4.58. The lowest BCUT2D eigenvalue weighted by Gasteiger charge is -2.24. The van der Waals surface area contributed by atoms with E-state index in [-0.39, 0.29) is 17.2 Å². The average Bonchev–Trinajstić information content (AvgIpc) is 2.64. The number of anilines is 1. The number of carbonyl (C=O) groups excluding carboxylic acids is 2. The van der Waals surface area contributed by atoms with Gasteiger partial charge in [-0.2, -0.15) is 0 Å². The molecule has 176 valence electrons. The Bertz CT molecular complexity index is 1090. The van der Waals surface area contributed by atoms with Crippen LogP contribution in [0.4, 0.5) is 10.5 Å². The van der Waals surface area contributed by atoms with E-state index in [0.29, 0.717) is 5.39 Å². The molecule has 1 atom stereocenters. The van der Waals surface area contributed by atoms with Crippen molar-refractivity contribution in [3.05, 3.63) is 36.4 Å². The van der Waals surface area contributed by atoms with Crippen molar-refractivity contribution in [2.24, 2.45) is 5.92 Å². The van der Waals surface area contributed by atoms with Crippen molar-refractivity contribution in [3.8, 4) is 0 Å². The lowest BCUT2D eigenvalue weighted by molar-refractivity contribution is -0.121. The first-order valence-electron chi connectivity index (χ1n) is 10.5. The van der Waals surface area contributed by atoms with Gasteiger partial charge in [0.05, 0.1) is 4.90 Å². The normalized spacial score (nSPS) is 13.0. The van der Waals surface area contributed by atoms with Gasteiger partial charge in [0.25, 0.3) is 15.9 Å². The van der Waals surface area contributed by atoms with Gasteiger partial charge in [0.1, 0.15) is 11.6 Å². The summed E-state index contributed by atoms with van der Waals surface area (Å²) in [5.74, 6) is -0.783. The molecule has 0 fully saturated rings. The van der Waals surface area contributed by atoms with Crippen LogP contribution in [-0.4, -0.2) is 46.2 Å². The summed E-state index contributed by atoms with van der Waals surface area (Å²) in [4.78, 5) is 27.0. The number of rotatable bonds is 7. The fraction of sp³-hybridized carbons (Fsp3) is 0.478. The van der Waals surface area contributed by atoms with E-state index < -0.39 is 33.7 Å². The maximum absolute atomic E-state index is 13.2. The summed E-state index contributed by atoms with van der Waals surface area (Å²) in [6.45, 7) is 8.86. The molecule has 0 saturated carbocycles. The Morgan fingerprint density at radius 3 is 2.19 bits per heavy atom. The summed E-state index contributed by atoms with van der Waals surface area (Å²) < 4.78 is 33.7. The molecule has 8 nitrogen and oxygen atoms in total. The molecule has 0 saturated heterocycles. The Morgan fingerprint density at radius 1 is 1.03 bits per heavy atom. The van der Waals surface area contributed by atoms with Crippen LogP contribution in [0.15, 0.2) is 41.3 Å². The van der Waals surface area contributed by atoms with Crippen LogP contribution in [0.2, 0.25) is 0 Å². The Morgan fingerprint density at radius 2 is 1.62 bits per heavy atom. The molecule has 0 bridgehead atoms. The van der Waals surface area contributed by atoms with Gasteiger partial charge in [-0.1, -0.05) is 38.1 Å². The maximum Gasteiger partial charge on any atom is 0.408 e. The topological polar surface area (TPSA) is 105 Å². The van der Waals surface area contributed by atoms with Gasteiger partial charge in [-0.25, -0.2) is 17.9 Å². The number of ether oxygens (including phenoxy) is 1. The Kier molecular flexibility index (Phi) is 7.77. The molecular weight excluding hydrogens is 430 g/mol. The van der Waals surface area contributed by atoms with E-state index in [0.717, 1.165) is 11.1 Å². The van der Waals surface area contributed by atoms with E-state index in [2.05, 4.69) is 10.0 Å². The van der Waals surface area contributed by atoms with Crippen molar-refractivity contribution in [3.63, 3.8) is 0 Å². The number of carbonyl (C=O) groups is 2. The van der Waals surface area contributed by atoms with E-state index in [4.69, 9.17) is 4.74 Å². The number of alkyl carbamates (subject to hydrolysis) is 1. The predicted molar refractivity (Wildman–Crippen MR) is 126 cm³/mol. The van der Waals surface area contributed by atoms with Crippen LogP contribution < -0.4 is 14.9 Å². The van der Waals surface area contributed by atoms with Crippen molar-refractivity contribution in [2.75, 3.05) is 19.0 Å². The molecule has 0 heterocycles. The smallest absolute Gasteiger partial charge is 0.408 e. The van der Waals surface area contributed by atoms with Crippen LogP contribution in [-0.2, 0) is 19.6 Å². The van der Waals surface area contributed by atoms with Crippen molar-refractivity contribution in [2.45, 2.75) is 57.6 Å². The molecule has 9 heteroatoms. The molecule has 0 aromatic heterocycles. The van der Waals surface area contributed by atoms with Gasteiger partial charge < -0.3 is 15.0 Å². The van der Waals surface area contributed by atoms with E-state index in [1.807, 2.05) is 45.0 Å². The van der Waals surface area contributed by atoms with Crippen molar-refractivity contribution >= 4 is 38.5 Å². The van der Waals surface area contributed by atoms with Gasteiger partial charge in [0.2, 0.25) is 0 Å². The number of hydrogen-bond acceptors (Lipinski definition) is 6. The van der Waals surface area contributed by atoms with Gasteiger partial charge in [-0.15, -0.1) is 0 Å². The summed E-state index contributed by atoms with van der Waals surface area (Å²) in [6.07, 6.45) is -0.530. The number of amides is 2. The first-order valence-corrected chi connectivity index (χ1v) is 11.9. The molecule has 2 rings (SSSR count). The summed E-state index contributed by atoms with van der Waals surface area (Å²) in [6, 6.07) is 9.22. The van der Waals surface area contributed by atoms with Crippen molar-refractivity contribution in [1.29, 1.82) is 0 Å². The molecule has 0 radical (unpaired) electrons. The number of benzene rings is 2. The largest absolute Gasteiger partial charge is 0.444 e. The Hall–Kier alpha value is -2.81. The van der Waals surface area contributed by atoms with Gasteiger partial charge in [-0.05, 0) is 45.2 Å². The third kappa shape index (κ3) is 6.59. The van der Waals surface area contributed by atoms with E-state index >= 15 is 0 Å². The minimum Gasteiger partial charge on any atom is -0.444 e. The lowest BCUT2D eigenvalue weighted by atomic mass is 10.0. The minimum absolute atomic E-state index is 0.00684. The molecule has 2 N–H and O–H groups in total. The fourth-order valence-electron chi connectivity index (χ4n) is 3.30. The lowest BCUT2D eigenvalue weighted by Crippen LogP contribution is -2.50. The number of nitrogens with zero attached hydrogens (tertiary/aromatic N) is 1. The highest BCUT2D eigenvalue weighted by Gasteiger charge is 2.29. The van der Waals surface area contributed by atoms with Gasteiger partial charge >= 0.3 is 6.09 Å². The van der Waals surface area contributed by atoms with Crippen LogP contribution in [0.25, 0.3) is 10.8 Å². The summed E-state index contributed by atoms with van der Waals surface area (Å²) in [5.41, 5.74) is 0.109. The number of nitrogens with one attached hydrogen (secondary N) is 2. The molecule has 32 heavy (non-hydrogen) atoms. The zero-order valence-corrected chi connectivity index (χ0v) is 20.5. The highest BCUT2D eigenvalue weighted by molar-refractivity contribution is 7.90. The molecular formula is C23H33N3O5S. The SMILES string of the molecule is CC(C)C[C@H](NC(=O)OC(C)(C)C)C(=O)NS(=O)(=O)c1cccc2c(N(C)C)cccc12. The molecule has 2 aromatic rings. The van der Waals surface area contributed by atoms with E-state index in [9.17, 15) is 18.0 Å². The maximum atomic E-state index is 13.2. The second kappa shape index (κ2) is 9.77. The second-order valence-electron chi connectivity index (χ2n) is 9.32. The summed E-state index contributed by atoms with van der Waals surface area (Å²) in [5, 5.41) is 3.74. The number of fused-ring (bicyclic) bond motifs is 1. The molecule has 0 aliphatic rings. The first-order chi connectivity index (χ1) is 14.7. The fourth-order valence-corrected chi connectivity index (χ4v) is 4.54. The molecule has 0 aliphatic heterocycles. The van der Waals surface area contributed by atoms with E-state index in [1.54, 1.807) is 39.0 Å². The summed E-state index contributed by atoms with van der Waals surface area (Å²) >= 11 is 0. The molecule has 0 aliphatic carbocycles. The monoisotopic (exact) mass is 463 g/mol. The Labute approximate surface area is 190 Å².